The molecule has 1 heterocycles. The lowest BCUT2D eigenvalue weighted by Crippen LogP contribution is -2.18. The van der Waals surface area contributed by atoms with Gasteiger partial charge in [0.2, 0.25) is 0 Å². The van der Waals surface area contributed by atoms with Gasteiger partial charge in [0.05, 0.1) is 6.61 Å². The number of carbonyl (C=O) groups is 1. The van der Waals surface area contributed by atoms with Gasteiger partial charge in [-0.2, -0.15) is 0 Å². The predicted octanol–water partition coefficient (Wildman–Crippen LogP) is 0.0393. The van der Waals surface area contributed by atoms with Crippen LogP contribution < -0.4 is 0 Å². The van der Waals surface area contributed by atoms with Crippen molar-refractivity contribution in [2.45, 2.75) is 6.42 Å². The molecule has 0 amide bonds. The van der Waals surface area contributed by atoms with Gasteiger partial charge in [-0.05, 0) is 25.9 Å². The van der Waals surface area contributed by atoms with Crippen molar-refractivity contribution < 1.29 is 14.6 Å². The van der Waals surface area contributed by atoms with E-state index in [0.29, 0.717) is 12.5 Å². The van der Waals surface area contributed by atoms with E-state index >= 15 is 0 Å². The predicted molar refractivity (Wildman–Crippen MR) is 44.1 cm³/mol. The summed E-state index contributed by atoms with van der Waals surface area (Å²) in [4.78, 5) is 12.3. The molecule has 0 bridgehead atoms. The summed E-state index contributed by atoms with van der Waals surface area (Å²) in [6.07, 6.45) is 1.12. The molecule has 1 aliphatic rings. The SMILES string of the molecule is CN1CCC(COCC(=O)O)C1. The Hall–Kier alpha value is -0.610. The Morgan fingerprint density at radius 2 is 2.50 bits per heavy atom. The van der Waals surface area contributed by atoms with Gasteiger partial charge in [0.25, 0.3) is 0 Å². The first-order chi connectivity index (χ1) is 5.68. The number of hydrogen-bond donors (Lipinski definition) is 1. The van der Waals surface area contributed by atoms with E-state index < -0.39 is 5.97 Å². The van der Waals surface area contributed by atoms with Gasteiger partial charge >= 0.3 is 5.97 Å². The van der Waals surface area contributed by atoms with Crippen LogP contribution in [0.2, 0.25) is 0 Å². The topological polar surface area (TPSA) is 49.8 Å². The number of rotatable bonds is 4. The largest absolute Gasteiger partial charge is 0.480 e. The van der Waals surface area contributed by atoms with E-state index in [0.717, 1.165) is 19.5 Å². The van der Waals surface area contributed by atoms with Gasteiger partial charge in [0.1, 0.15) is 6.61 Å². The summed E-state index contributed by atoms with van der Waals surface area (Å²) in [7, 11) is 2.07. The van der Waals surface area contributed by atoms with Crippen LogP contribution in [0.15, 0.2) is 0 Å². The Balaban J connectivity index is 2.04. The molecule has 70 valence electrons. The Kier molecular flexibility index (Phi) is 3.49. The molecule has 1 saturated heterocycles. The van der Waals surface area contributed by atoms with Crippen molar-refractivity contribution in [2.24, 2.45) is 5.92 Å². The Morgan fingerprint density at radius 3 is 3.00 bits per heavy atom. The highest BCUT2D eigenvalue weighted by Gasteiger charge is 2.19. The van der Waals surface area contributed by atoms with E-state index in [-0.39, 0.29) is 6.61 Å². The normalized spacial score (nSPS) is 24.6. The summed E-state index contributed by atoms with van der Waals surface area (Å²) in [5.41, 5.74) is 0. The van der Waals surface area contributed by atoms with Crippen molar-refractivity contribution in [1.29, 1.82) is 0 Å². The van der Waals surface area contributed by atoms with Gasteiger partial charge < -0.3 is 14.7 Å². The lowest BCUT2D eigenvalue weighted by atomic mass is 10.1. The summed E-state index contributed by atoms with van der Waals surface area (Å²) in [6.45, 7) is 2.54. The molecule has 0 spiro atoms. The lowest BCUT2D eigenvalue weighted by Gasteiger charge is -2.09. The van der Waals surface area contributed by atoms with Crippen LogP contribution in [0.25, 0.3) is 0 Å². The van der Waals surface area contributed by atoms with Crippen molar-refractivity contribution in [1.82, 2.24) is 4.90 Å². The molecular formula is C8H15NO3. The third-order valence-electron chi connectivity index (χ3n) is 2.07. The van der Waals surface area contributed by atoms with Crippen LogP contribution in [-0.4, -0.2) is 49.3 Å². The van der Waals surface area contributed by atoms with E-state index in [1.54, 1.807) is 0 Å². The van der Waals surface area contributed by atoms with Crippen LogP contribution in [0.5, 0.6) is 0 Å². The quantitative estimate of drug-likeness (QED) is 0.652. The minimum absolute atomic E-state index is 0.166. The van der Waals surface area contributed by atoms with E-state index in [1.807, 2.05) is 0 Å². The zero-order chi connectivity index (χ0) is 8.97. The first-order valence-corrected chi connectivity index (χ1v) is 4.16. The maximum absolute atomic E-state index is 10.1. The fourth-order valence-corrected chi connectivity index (χ4v) is 1.48. The fraction of sp³-hybridized carbons (Fsp3) is 0.875. The molecule has 1 aliphatic heterocycles. The molecule has 0 aliphatic carbocycles. The van der Waals surface area contributed by atoms with E-state index in [2.05, 4.69) is 11.9 Å². The highest BCUT2D eigenvalue weighted by atomic mass is 16.5. The van der Waals surface area contributed by atoms with Gasteiger partial charge in [-0.1, -0.05) is 0 Å². The third kappa shape index (κ3) is 3.19. The third-order valence-corrected chi connectivity index (χ3v) is 2.07. The van der Waals surface area contributed by atoms with Crippen molar-refractivity contribution in [3.8, 4) is 0 Å². The first-order valence-electron chi connectivity index (χ1n) is 4.16. The number of aliphatic carboxylic acids is 1. The second-order valence-corrected chi connectivity index (χ2v) is 3.33. The molecule has 0 aromatic carbocycles. The van der Waals surface area contributed by atoms with Crippen LogP contribution in [-0.2, 0) is 9.53 Å². The molecule has 0 aromatic rings. The molecule has 4 nitrogen and oxygen atoms in total. The molecule has 1 rings (SSSR count). The van der Waals surface area contributed by atoms with Gasteiger partial charge in [0.15, 0.2) is 0 Å². The summed E-state index contributed by atoms with van der Waals surface area (Å²) in [6, 6.07) is 0. The zero-order valence-corrected chi connectivity index (χ0v) is 7.32. The summed E-state index contributed by atoms with van der Waals surface area (Å²) in [5.74, 6) is -0.365. The maximum Gasteiger partial charge on any atom is 0.329 e. The number of ether oxygens (including phenoxy) is 1. The van der Waals surface area contributed by atoms with Crippen LogP contribution in [0.4, 0.5) is 0 Å². The van der Waals surface area contributed by atoms with E-state index in [9.17, 15) is 4.79 Å². The zero-order valence-electron chi connectivity index (χ0n) is 7.32. The van der Waals surface area contributed by atoms with E-state index in [1.165, 1.54) is 0 Å². The summed E-state index contributed by atoms with van der Waals surface area (Å²) in [5, 5.41) is 8.30. The molecule has 4 heteroatoms. The molecule has 0 saturated carbocycles. The van der Waals surface area contributed by atoms with Gasteiger partial charge in [-0.15, -0.1) is 0 Å². The second-order valence-electron chi connectivity index (χ2n) is 3.33. The van der Waals surface area contributed by atoms with Crippen molar-refractivity contribution in [2.75, 3.05) is 33.4 Å². The number of nitrogens with zero attached hydrogens (tertiary/aromatic N) is 1. The average Bonchev–Trinajstić information content (AvgIpc) is 2.35. The minimum Gasteiger partial charge on any atom is -0.480 e. The molecule has 1 atom stereocenters. The Morgan fingerprint density at radius 1 is 1.75 bits per heavy atom. The van der Waals surface area contributed by atoms with Crippen molar-refractivity contribution in [3.05, 3.63) is 0 Å². The fourth-order valence-electron chi connectivity index (χ4n) is 1.48. The number of carboxylic acid groups (broad SMARTS) is 1. The number of carboxylic acids is 1. The molecular weight excluding hydrogens is 158 g/mol. The second kappa shape index (κ2) is 4.42. The maximum atomic E-state index is 10.1. The van der Waals surface area contributed by atoms with Gasteiger partial charge in [-0.3, -0.25) is 0 Å². The first kappa shape index (κ1) is 9.48. The van der Waals surface area contributed by atoms with Crippen LogP contribution in [0.1, 0.15) is 6.42 Å². The van der Waals surface area contributed by atoms with Crippen LogP contribution in [0, 0.1) is 5.92 Å². The van der Waals surface area contributed by atoms with Crippen LogP contribution in [0.3, 0.4) is 0 Å². The van der Waals surface area contributed by atoms with Gasteiger partial charge in [-0.25, -0.2) is 4.79 Å². The van der Waals surface area contributed by atoms with Gasteiger partial charge in [0, 0.05) is 6.54 Å². The molecule has 1 unspecified atom stereocenters. The molecule has 1 fully saturated rings. The Bertz CT molecular complexity index is 160. The monoisotopic (exact) mass is 173 g/mol. The number of likely N-dealkylation sites (tertiary alicyclic amines) is 1. The van der Waals surface area contributed by atoms with E-state index in [4.69, 9.17) is 9.84 Å². The highest BCUT2D eigenvalue weighted by molar-refractivity contribution is 5.67. The lowest BCUT2D eigenvalue weighted by molar-refractivity contribution is -0.142. The molecule has 0 radical (unpaired) electrons. The summed E-state index contributed by atoms with van der Waals surface area (Å²) >= 11 is 0. The smallest absolute Gasteiger partial charge is 0.329 e. The summed E-state index contributed by atoms with van der Waals surface area (Å²) < 4.78 is 5.00. The highest BCUT2D eigenvalue weighted by Crippen LogP contribution is 2.13. The number of hydrogen-bond acceptors (Lipinski definition) is 3. The van der Waals surface area contributed by atoms with Crippen molar-refractivity contribution >= 4 is 5.97 Å². The van der Waals surface area contributed by atoms with Crippen LogP contribution >= 0.6 is 0 Å². The molecule has 1 N–H and O–H groups in total. The average molecular weight is 173 g/mol. The Labute approximate surface area is 72.1 Å². The minimum atomic E-state index is -0.888. The molecule has 0 aromatic heterocycles. The van der Waals surface area contributed by atoms with Crippen molar-refractivity contribution in [3.63, 3.8) is 0 Å². The molecule has 12 heavy (non-hydrogen) atoms. The standard InChI is InChI=1S/C8H15NO3/c1-9-3-2-7(4-9)5-12-6-8(10)11/h7H,2-6H2,1H3,(H,10,11).